The lowest BCUT2D eigenvalue weighted by atomic mass is 10.1. The summed E-state index contributed by atoms with van der Waals surface area (Å²) in [5, 5.41) is 4.42. The standard InChI is InChI=1S/C35H32Cl2N6O5.ClH/c1-40(35(45)39-24-4-7-27(36)28(37)18-24)25-5-10-33(38-19-25)48-26-6-8-29-23(16-26)17-30(41(29)2)34(44)43-13-11-42(12-14-43)20-22-3-9-31-32(15-22)47-21-46-31;/h3-10,15-19H,11-14,20-21H2,1-2H3,(H,39,45);1H. The van der Waals surface area contributed by atoms with E-state index in [1.54, 1.807) is 43.6 Å². The molecule has 2 aliphatic rings. The Kier molecular flexibility index (Phi) is 10.1. The van der Waals surface area contributed by atoms with E-state index in [0.717, 1.165) is 47.6 Å². The number of anilines is 2. The lowest BCUT2D eigenvalue weighted by Gasteiger charge is -2.34. The second kappa shape index (κ2) is 14.4. The minimum atomic E-state index is -0.369. The molecular formula is C35H33Cl3N6O5. The summed E-state index contributed by atoms with van der Waals surface area (Å²) in [6, 6.07) is 21.5. The van der Waals surface area contributed by atoms with E-state index < -0.39 is 0 Å². The molecule has 1 saturated heterocycles. The third kappa shape index (κ3) is 7.35. The summed E-state index contributed by atoms with van der Waals surface area (Å²) in [5.41, 5.74) is 3.79. The Labute approximate surface area is 299 Å². The molecule has 14 heteroatoms. The maximum atomic E-state index is 13.6. The highest BCUT2D eigenvalue weighted by Gasteiger charge is 2.25. The number of benzene rings is 3. The summed E-state index contributed by atoms with van der Waals surface area (Å²) in [6.07, 6.45) is 1.55. The Hall–Kier alpha value is -4.68. The van der Waals surface area contributed by atoms with Crippen molar-refractivity contribution in [1.29, 1.82) is 0 Å². The van der Waals surface area contributed by atoms with Crippen LogP contribution in [0.1, 0.15) is 16.1 Å². The number of nitrogens with zero attached hydrogens (tertiary/aromatic N) is 5. The number of ether oxygens (including phenoxy) is 3. The first kappa shape index (κ1) is 34.2. The van der Waals surface area contributed by atoms with Gasteiger partial charge in [-0.25, -0.2) is 9.78 Å². The summed E-state index contributed by atoms with van der Waals surface area (Å²) in [5.74, 6) is 2.51. The molecule has 1 fully saturated rings. The number of nitrogens with one attached hydrogen (secondary N) is 1. The fourth-order valence-electron chi connectivity index (χ4n) is 5.82. The first-order chi connectivity index (χ1) is 23.2. The third-order valence-corrected chi connectivity index (χ3v) is 9.28. The second-order valence-electron chi connectivity index (χ2n) is 11.6. The maximum absolute atomic E-state index is 13.6. The van der Waals surface area contributed by atoms with Gasteiger partial charge in [0.25, 0.3) is 5.91 Å². The zero-order valence-electron chi connectivity index (χ0n) is 26.7. The molecule has 0 aliphatic carbocycles. The van der Waals surface area contributed by atoms with Crippen LogP contribution in [-0.2, 0) is 13.6 Å². The number of halogens is 3. The normalized spacial score (nSPS) is 14.0. The van der Waals surface area contributed by atoms with Crippen LogP contribution in [0.3, 0.4) is 0 Å². The van der Waals surface area contributed by atoms with Gasteiger partial charge in [-0.2, -0.15) is 0 Å². The van der Waals surface area contributed by atoms with E-state index in [1.807, 2.05) is 52.9 Å². The molecule has 49 heavy (non-hydrogen) atoms. The van der Waals surface area contributed by atoms with Crippen molar-refractivity contribution in [2.24, 2.45) is 7.05 Å². The zero-order valence-corrected chi connectivity index (χ0v) is 29.0. The Morgan fingerprint density at radius 1 is 0.918 bits per heavy atom. The summed E-state index contributed by atoms with van der Waals surface area (Å²) < 4.78 is 18.9. The van der Waals surface area contributed by atoms with Crippen molar-refractivity contribution in [3.63, 3.8) is 0 Å². The molecule has 3 aromatic carbocycles. The van der Waals surface area contributed by atoms with Gasteiger partial charge in [0.05, 0.1) is 21.9 Å². The molecule has 11 nitrogen and oxygen atoms in total. The number of rotatable bonds is 7. The summed E-state index contributed by atoms with van der Waals surface area (Å²) in [7, 11) is 3.54. The van der Waals surface area contributed by atoms with Crippen molar-refractivity contribution >= 4 is 69.8 Å². The number of carbonyl (C=O) groups is 2. The molecule has 2 aliphatic heterocycles. The third-order valence-electron chi connectivity index (χ3n) is 8.54. The van der Waals surface area contributed by atoms with E-state index in [2.05, 4.69) is 21.3 Å². The minimum absolute atomic E-state index is 0. The molecule has 7 rings (SSSR count). The van der Waals surface area contributed by atoms with Crippen LogP contribution in [0.15, 0.2) is 79.0 Å². The van der Waals surface area contributed by atoms with Gasteiger partial charge in [-0.3, -0.25) is 14.6 Å². The van der Waals surface area contributed by atoms with Gasteiger partial charge in [0, 0.05) is 69.5 Å². The zero-order chi connectivity index (χ0) is 33.4. The number of hydrogen-bond acceptors (Lipinski definition) is 7. The number of urea groups is 1. The van der Waals surface area contributed by atoms with Crippen molar-refractivity contribution in [3.8, 4) is 23.1 Å². The van der Waals surface area contributed by atoms with Crippen LogP contribution in [0.5, 0.6) is 23.1 Å². The number of hydrogen-bond donors (Lipinski definition) is 1. The van der Waals surface area contributed by atoms with Crippen LogP contribution in [0.25, 0.3) is 10.9 Å². The number of carbonyl (C=O) groups excluding carboxylic acids is 2. The number of fused-ring (bicyclic) bond motifs is 2. The van der Waals surface area contributed by atoms with Gasteiger partial charge in [-0.15, -0.1) is 12.4 Å². The van der Waals surface area contributed by atoms with Crippen LogP contribution in [0.4, 0.5) is 16.2 Å². The molecule has 1 N–H and O–H groups in total. The van der Waals surface area contributed by atoms with E-state index >= 15 is 0 Å². The van der Waals surface area contributed by atoms with Gasteiger partial charge in [0.15, 0.2) is 11.5 Å². The largest absolute Gasteiger partial charge is 0.454 e. The molecule has 3 amide bonds. The SMILES string of the molecule is CN(C(=O)Nc1ccc(Cl)c(Cl)c1)c1ccc(Oc2ccc3c(c2)cc(C(=O)N2CCN(Cc4ccc5c(c4)OCO5)CC2)n3C)nc1.Cl. The number of piperazine rings is 1. The highest BCUT2D eigenvalue weighted by molar-refractivity contribution is 6.42. The van der Waals surface area contributed by atoms with E-state index in [9.17, 15) is 9.59 Å². The van der Waals surface area contributed by atoms with Crippen molar-refractivity contribution in [1.82, 2.24) is 19.4 Å². The Bertz CT molecular complexity index is 2010. The lowest BCUT2D eigenvalue weighted by molar-refractivity contribution is 0.0619. The van der Waals surface area contributed by atoms with Crippen molar-refractivity contribution in [3.05, 3.63) is 100 Å². The summed E-state index contributed by atoms with van der Waals surface area (Å²) in [6.45, 7) is 3.91. The maximum Gasteiger partial charge on any atom is 0.326 e. The molecular weight excluding hydrogens is 691 g/mol. The van der Waals surface area contributed by atoms with Gasteiger partial charge in [0.2, 0.25) is 12.7 Å². The van der Waals surface area contributed by atoms with E-state index in [0.29, 0.717) is 51.8 Å². The van der Waals surface area contributed by atoms with Gasteiger partial charge in [0.1, 0.15) is 11.4 Å². The molecule has 0 spiro atoms. The summed E-state index contributed by atoms with van der Waals surface area (Å²) in [4.78, 5) is 36.4. The number of amides is 3. The molecule has 0 radical (unpaired) electrons. The Balaban J connectivity index is 0.00000417. The molecule has 0 bridgehead atoms. The quantitative estimate of drug-likeness (QED) is 0.186. The first-order valence-electron chi connectivity index (χ1n) is 15.3. The predicted octanol–water partition coefficient (Wildman–Crippen LogP) is 7.45. The number of pyridine rings is 1. The smallest absolute Gasteiger partial charge is 0.326 e. The van der Waals surface area contributed by atoms with Crippen LogP contribution in [-0.4, -0.2) is 71.3 Å². The van der Waals surface area contributed by atoms with Gasteiger partial charge in [-0.1, -0.05) is 29.3 Å². The molecule has 254 valence electrons. The van der Waals surface area contributed by atoms with Crippen LogP contribution in [0, 0.1) is 0 Å². The second-order valence-corrected chi connectivity index (χ2v) is 12.5. The molecule has 0 saturated carbocycles. The Morgan fingerprint density at radius 2 is 1.71 bits per heavy atom. The first-order valence-corrected chi connectivity index (χ1v) is 16.1. The van der Waals surface area contributed by atoms with E-state index in [4.69, 9.17) is 37.4 Å². The minimum Gasteiger partial charge on any atom is -0.454 e. The highest BCUT2D eigenvalue weighted by atomic mass is 35.5. The van der Waals surface area contributed by atoms with E-state index in [1.165, 1.54) is 4.90 Å². The van der Waals surface area contributed by atoms with Gasteiger partial charge >= 0.3 is 6.03 Å². The number of aromatic nitrogens is 2. The fraction of sp³-hybridized carbons (Fsp3) is 0.229. The molecule has 4 heterocycles. The van der Waals surface area contributed by atoms with Gasteiger partial charge in [-0.05, 0) is 66.2 Å². The fourth-order valence-corrected chi connectivity index (χ4v) is 6.11. The van der Waals surface area contributed by atoms with Gasteiger partial charge < -0.3 is 29.0 Å². The molecule has 5 aromatic rings. The molecule has 2 aromatic heterocycles. The van der Waals surface area contributed by atoms with Crippen LogP contribution < -0.4 is 24.4 Å². The van der Waals surface area contributed by atoms with E-state index in [-0.39, 0.29) is 31.1 Å². The highest BCUT2D eigenvalue weighted by Crippen LogP contribution is 2.33. The van der Waals surface area contributed by atoms with Crippen molar-refractivity contribution in [2.75, 3.05) is 50.2 Å². The van der Waals surface area contributed by atoms with Crippen LogP contribution in [0.2, 0.25) is 10.0 Å². The number of aryl methyl sites for hydroxylation is 1. The monoisotopic (exact) mass is 722 g/mol. The average Bonchev–Trinajstić information content (AvgIpc) is 3.70. The molecule has 0 unspecified atom stereocenters. The topological polar surface area (TPSA) is 101 Å². The molecule has 0 atom stereocenters. The van der Waals surface area contributed by atoms with Crippen LogP contribution >= 0.6 is 35.6 Å². The summed E-state index contributed by atoms with van der Waals surface area (Å²) >= 11 is 12.0. The Morgan fingerprint density at radius 3 is 2.47 bits per heavy atom. The van der Waals surface area contributed by atoms with Crippen molar-refractivity contribution < 1.29 is 23.8 Å². The predicted molar refractivity (Wildman–Crippen MR) is 192 cm³/mol. The average molecular weight is 724 g/mol. The van der Waals surface area contributed by atoms with Crippen molar-refractivity contribution in [2.45, 2.75) is 6.54 Å². The lowest BCUT2D eigenvalue weighted by Crippen LogP contribution is -2.48.